The number of H-pyrrole nitrogens is 1. The number of hydrogen-bond donors (Lipinski definition) is 3. The molecule has 0 aliphatic heterocycles. The van der Waals surface area contributed by atoms with Crippen LogP contribution in [0.3, 0.4) is 0 Å². The fourth-order valence-corrected chi connectivity index (χ4v) is 2.83. The van der Waals surface area contributed by atoms with Crippen LogP contribution in [-0.2, 0) is 11.2 Å². The molecule has 3 atom stereocenters. The summed E-state index contributed by atoms with van der Waals surface area (Å²) in [7, 11) is 0. The Morgan fingerprint density at radius 2 is 2.38 bits per heavy atom. The number of nitrogens with one attached hydrogen (secondary N) is 2. The van der Waals surface area contributed by atoms with Gasteiger partial charge in [-0.1, -0.05) is 0 Å². The van der Waals surface area contributed by atoms with Crippen molar-refractivity contribution >= 4 is 5.91 Å². The van der Waals surface area contributed by atoms with Gasteiger partial charge < -0.3 is 10.4 Å². The van der Waals surface area contributed by atoms with Gasteiger partial charge in [0.2, 0.25) is 5.91 Å². The highest BCUT2D eigenvalue weighted by Gasteiger charge is 2.42. The van der Waals surface area contributed by atoms with Crippen LogP contribution in [0.2, 0.25) is 0 Å². The second-order valence-electron chi connectivity index (χ2n) is 5.54. The lowest BCUT2D eigenvalue weighted by atomic mass is 9.83. The van der Waals surface area contributed by atoms with Gasteiger partial charge in [0.25, 0.3) is 0 Å². The summed E-state index contributed by atoms with van der Waals surface area (Å²) in [6.07, 6.45) is 3.86. The lowest BCUT2D eigenvalue weighted by Crippen LogP contribution is -2.56. The fraction of sp³-hybridized carbons (Fsp3) is 0.500. The van der Waals surface area contributed by atoms with Crippen molar-refractivity contribution in [2.75, 3.05) is 0 Å². The molecule has 112 valence electrons. The van der Waals surface area contributed by atoms with Crippen LogP contribution in [0.1, 0.15) is 29.4 Å². The number of hydrogen-bond acceptors (Lipinski definition) is 4. The first-order chi connectivity index (χ1) is 10.1. The second-order valence-corrected chi connectivity index (χ2v) is 5.54. The molecule has 1 aliphatic carbocycles. The Morgan fingerprint density at radius 1 is 1.57 bits per heavy atom. The second kappa shape index (κ2) is 5.33. The molecule has 1 fully saturated rings. The number of aryl methyl sites for hydroxylation is 2. The Labute approximate surface area is 122 Å². The largest absolute Gasteiger partial charge is 0.391 e. The van der Waals surface area contributed by atoms with Gasteiger partial charge in [0.05, 0.1) is 30.3 Å². The van der Waals surface area contributed by atoms with Crippen molar-refractivity contribution in [3.05, 3.63) is 35.4 Å². The minimum Gasteiger partial charge on any atom is -0.391 e. The molecule has 0 radical (unpaired) electrons. The molecule has 2 aromatic heterocycles. The van der Waals surface area contributed by atoms with Crippen molar-refractivity contribution in [3.63, 3.8) is 0 Å². The minimum atomic E-state index is -0.465. The van der Waals surface area contributed by atoms with Gasteiger partial charge in [-0.15, -0.1) is 0 Å². The summed E-state index contributed by atoms with van der Waals surface area (Å²) in [6, 6.07) is 1.54. The van der Waals surface area contributed by atoms with Gasteiger partial charge in [-0.2, -0.15) is 10.2 Å². The number of nitrogens with zero attached hydrogens (tertiary/aromatic N) is 3. The molecule has 3 N–H and O–H groups in total. The van der Waals surface area contributed by atoms with Gasteiger partial charge >= 0.3 is 0 Å². The lowest BCUT2D eigenvalue weighted by molar-refractivity contribution is -0.124. The summed E-state index contributed by atoms with van der Waals surface area (Å²) in [4.78, 5) is 12.2. The molecule has 7 heteroatoms. The first-order valence-corrected chi connectivity index (χ1v) is 7.03. The van der Waals surface area contributed by atoms with E-state index in [9.17, 15) is 9.90 Å². The van der Waals surface area contributed by atoms with E-state index >= 15 is 0 Å². The van der Waals surface area contributed by atoms with Crippen LogP contribution in [0.5, 0.6) is 0 Å². The van der Waals surface area contributed by atoms with Crippen LogP contribution in [0.15, 0.2) is 18.5 Å². The Morgan fingerprint density at radius 3 is 2.95 bits per heavy atom. The molecule has 1 saturated carbocycles. The minimum absolute atomic E-state index is 0.0587. The maximum absolute atomic E-state index is 12.2. The molecule has 21 heavy (non-hydrogen) atoms. The lowest BCUT2D eigenvalue weighted by Gasteiger charge is -2.41. The molecule has 1 aliphatic rings. The summed E-state index contributed by atoms with van der Waals surface area (Å²) in [5.41, 5.74) is 2.70. The van der Waals surface area contributed by atoms with Crippen LogP contribution in [0.25, 0.3) is 0 Å². The number of aromatic amines is 1. The predicted octanol–water partition coefficient (Wildman–Crippen LogP) is 0.256. The smallest absolute Gasteiger partial charge is 0.224 e. The molecule has 0 saturated heterocycles. The third-order valence-corrected chi connectivity index (χ3v) is 4.10. The standard InChI is InChI=1S/C14H19N5O2/c1-8-10(9(2)18-17-8)6-13(21)16-11-7-12(20)14(11)19-5-3-4-15-19/h3-5,11-12,14,20H,6-7H2,1-2H3,(H,16,21)(H,17,18)/t11-,12+,14+/m0/s1. The molecule has 0 unspecified atom stereocenters. The Kier molecular flexibility index (Phi) is 3.50. The maximum atomic E-state index is 12.2. The molecular formula is C14H19N5O2. The average molecular weight is 289 g/mol. The van der Waals surface area contributed by atoms with Crippen LogP contribution in [0.4, 0.5) is 0 Å². The third kappa shape index (κ3) is 2.56. The van der Waals surface area contributed by atoms with Crippen molar-refractivity contribution in [1.82, 2.24) is 25.3 Å². The number of aromatic nitrogens is 4. The van der Waals surface area contributed by atoms with Gasteiger partial charge in [-0.3, -0.25) is 14.6 Å². The van der Waals surface area contributed by atoms with Gasteiger partial charge in [-0.25, -0.2) is 0 Å². The van der Waals surface area contributed by atoms with Crippen LogP contribution >= 0.6 is 0 Å². The zero-order chi connectivity index (χ0) is 15.0. The van der Waals surface area contributed by atoms with Crippen molar-refractivity contribution in [1.29, 1.82) is 0 Å². The normalized spacial score (nSPS) is 24.6. The number of carbonyl (C=O) groups excluding carboxylic acids is 1. The molecule has 0 aromatic carbocycles. The van der Waals surface area contributed by atoms with E-state index in [1.807, 2.05) is 19.9 Å². The van der Waals surface area contributed by atoms with E-state index in [0.717, 1.165) is 17.0 Å². The van der Waals surface area contributed by atoms with Gasteiger partial charge in [0.15, 0.2) is 0 Å². The van der Waals surface area contributed by atoms with E-state index in [4.69, 9.17) is 0 Å². The highest BCUT2D eigenvalue weighted by atomic mass is 16.3. The summed E-state index contributed by atoms with van der Waals surface area (Å²) in [5, 5.41) is 24.0. The van der Waals surface area contributed by atoms with Crippen LogP contribution in [0, 0.1) is 13.8 Å². The molecule has 2 aromatic rings. The van der Waals surface area contributed by atoms with Crippen LogP contribution in [-0.4, -0.2) is 43.1 Å². The zero-order valence-electron chi connectivity index (χ0n) is 12.1. The van der Waals surface area contributed by atoms with Crippen molar-refractivity contribution in [2.45, 2.75) is 44.9 Å². The number of aliphatic hydroxyl groups excluding tert-OH is 1. The molecule has 0 spiro atoms. The monoisotopic (exact) mass is 289 g/mol. The molecule has 3 rings (SSSR count). The van der Waals surface area contributed by atoms with Gasteiger partial charge in [-0.05, 0) is 26.3 Å². The van der Waals surface area contributed by atoms with E-state index in [1.54, 1.807) is 17.1 Å². The van der Waals surface area contributed by atoms with Crippen molar-refractivity contribution in [2.24, 2.45) is 0 Å². The molecule has 2 heterocycles. The highest BCUT2D eigenvalue weighted by molar-refractivity contribution is 5.79. The topological polar surface area (TPSA) is 95.8 Å². The summed E-state index contributed by atoms with van der Waals surface area (Å²) in [6.45, 7) is 3.79. The summed E-state index contributed by atoms with van der Waals surface area (Å²) >= 11 is 0. The Hall–Kier alpha value is -2.15. The van der Waals surface area contributed by atoms with Crippen molar-refractivity contribution in [3.8, 4) is 0 Å². The van der Waals surface area contributed by atoms with E-state index in [-0.39, 0.29) is 18.0 Å². The van der Waals surface area contributed by atoms with Crippen molar-refractivity contribution < 1.29 is 9.90 Å². The SMILES string of the molecule is Cc1n[nH]c(C)c1CC(=O)N[C@H]1C[C@@H](O)[C@@H]1n1cccn1. The molecule has 0 bridgehead atoms. The predicted molar refractivity (Wildman–Crippen MR) is 75.6 cm³/mol. The number of aliphatic hydroxyl groups is 1. The average Bonchev–Trinajstić information content (AvgIpc) is 3.03. The molecular weight excluding hydrogens is 270 g/mol. The van der Waals surface area contributed by atoms with Gasteiger partial charge in [0, 0.05) is 23.7 Å². The quantitative estimate of drug-likeness (QED) is 0.752. The summed E-state index contributed by atoms with van der Waals surface area (Å²) < 4.78 is 1.70. The van der Waals surface area contributed by atoms with E-state index in [2.05, 4.69) is 20.6 Å². The van der Waals surface area contributed by atoms with Gasteiger partial charge in [0.1, 0.15) is 0 Å². The Bertz CT molecular complexity index is 614. The van der Waals surface area contributed by atoms with Crippen LogP contribution < -0.4 is 5.32 Å². The van der Waals surface area contributed by atoms with E-state index in [1.165, 1.54) is 0 Å². The third-order valence-electron chi connectivity index (χ3n) is 4.10. The number of amides is 1. The fourth-order valence-electron chi connectivity index (χ4n) is 2.83. The molecule has 7 nitrogen and oxygen atoms in total. The van der Waals surface area contributed by atoms with E-state index < -0.39 is 6.10 Å². The first kappa shape index (κ1) is 13.8. The first-order valence-electron chi connectivity index (χ1n) is 7.03. The maximum Gasteiger partial charge on any atom is 0.224 e. The highest BCUT2D eigenvalue weighted by Crippen LogP contribution is 2.32. The number of carbonyl (C=O) groups is 1. The Balaban J connectivity index is 1.63. The zero-order valence-corrected chi connectivity index (χ0v) is 12.1. The summed E-state index contributed by atoms with van der Waals surface area (Å²) in [5.74, 6) is -0.0587. The van der Waals surface area contributed by atoms with E-state index in [0.29, 0.717) is 12.8 Å². The number of rotatable bonds is 4. The molecule has 1 amide bonds.